The standard InChI is InChI=1S/C10H6N8/c1-7(2-12-5-11-1)9-15-17-10(18-16-9)8-3-13-6-14-4-8/h1-6H. The van der Waals surface area contributed by atoms with Gasteiger partial charge in [-0.3, -0.25) is 0 Å². The van der Waals surface area contributed by atoms with E-state index >= 15 is 0 Å². The van der Waals surface area contributed by atoms with E-state index in [0.717, 1.165) is 0 Å². The average molecular weight is 238 g/mol. The van der Waals surface area contributed by atoms with Gasteiger partial charge in [-0.15, -0.1) is 20.4 Å². The van der Waals surface area contributed by atoms with E-state index in [9.17, 15) is 0 Å². The van der Waals surface area contributed by atoms with Gasteiger partial charge in [-0.25, -0.2) is 19.9 Å². The van der Waals surface area contributed by atoms with Crippen molar-refractivity contribution in [3.8, 4) is 22.8 Å². The lowest BCUT2D eigenvalue weighted by Crippen LogP contribution is -2.00. The van der Waals surface area contributed by atoms with Crippen molar-refractivity contribution in [2.24, 2.45) is 0 Å². The molecule has 0 N–H and O–H groups in total. The molecule has 0 aliphatic heterocycles. The normalized spacial score (nSPS) is 10.2. The van der Waals surface area contributed by atoms with Crippen LogP contribution in [0.4, 0.5) is 0 Å². The minimum atomic E-state index is 0.371. The average Bonchev–Trinajstić information content (AvgIpc) is 2.49. The lowest BCUT2D eigenvalue weighted by atomic mass is 10.3. The van der Waals surface area contributed by atoms with E-state index in [-0.39, 0.29) is 0 Å². The number of aromatic nitrogens is 8. The monoisotopic (exact) mass is 238 g/mol. The summed E-state index contributed by atoms with van der Waals surface area (Å²) in [6.07, 6.45) is 9.24. The highest BCUT2D eigenvalue weighted by molar-refractivity contribution is 5.53. The summed E-state index contributed by atoms with van der Waals surface area (Å²) in [7, 11) is 0. The van der Waals surface area contributed by atoms with Crippen molar-refractivity contribution in [2.45, 2.75) is 0 Å². The molecule has 0 atom stereocenters. The molecule has 0 unspecified atom stereocenters. The third-order valence-corrected chi connectivity index (χ3v) is 2.12. The van der Waals surface area contributed by atoms with Crippen LogP contribution in [0.3, 0.4) is 0 Å². The zero-order valence-electron chi connectivity index (χ0n) is 9.04. The highest BCUT2D eigenvalue weighted by Gasteiger charge is 2.06. The Balaban J connectivity index is 1.95. The second kappa shape index (κ2) is 4.53. The third-order valence-electron chi connectivity index (χ3n) is 2.12. The molecule has 0 aromatic carbocycles. The summed E-state index contributed by atoms with van der Waals surface area (Å²) in [5.41, 5.74) is 1.32. The fraction of sp³-hybridized carbons (Fsp3) is 0. The molecule has 86 valence electrons. The Hall–Kier alpha value is -2.90. The van der Waals surface area contributed by atoms with Gasteiger partial charge in [-0.05, 0) is 0 Å². The van der Waals surface area contributed by atoms with Crippen LogP contribution in [0.1, 0.15) is 0 Å². The topological polar surface area (TPSA) is 103 Å². The van der Waals surface area contributed by atoms with Gasteiger partial charge in [0, 0.05) is 24.8 Å². The molecular weight excluding hydrogens is 232 g/mol. The molecule has 18 heavy (non-hydrogen) atoms. The maximum absolute atomic E-state index is 3.97. The predicted octanol–water partition coefficient (Wildman–Crippen LogP) is 0.181. The van der Waals surface area contributed by atoms with Gasteiger partial charge in [0.1, 0.15) is 12.7 Å². The molecule has 0 amide bonds. The quantitative estimate of drug-likeness (QED) is 0.622. The lowest BCUT2D eigenvalue weighted by Gasteiger charge is -1.98. The van der Waals surface area contributed by atoms with Crippen molar-refractivity contribution in [2.75, 3.05) is 0 Å². The van der Waals surface area contributed by atoms with Crippen molar-refractivity contribution >= 4 is 0 Å². The fourth-order valence-corrected chi connectivity index (χ4v) is 1.29. The first-order chi connectivity index (χ1) is 8.93. The summed E-state index contributed by atoms with van der Waals surface area (Å²) < 4.78 is 0. The number of hydrogen-bond acceptors (Lipinski definition) is 8. The minimum Gasteiger partial charge on any atom is -0.244 e. The molecule has 0 aliphatic carbocycles. The van der Waals surface area contributed by atoms with Gasteiger partial charge in [0.05, 0.1) is 11.1 Å². The molecule has 3 aromatic rings. The molecule has 0 fully saturated rings. The maximum atomic E-state index is 3.97. The van der Waals surface area contributed by atoms with E-state index in [1.807, 2.05) is 0 Å². The molecule has 0 bridgehead atoms. The molecule has 0 saturated carbocycles. The third kappa shape index (κ3) is 1.98. The van der Waals surface area contributed by atoms with Crippen LogP contribution in [0.5, 0.6) is 0 Å². The Labute approximate surface area is 101 Å². The first-order valence-corrected chi connectivity index (χ1v) is 5.01. The molecule has 0 aliphatic rings. The van der Waals surface area contributed by atoms with Crippen molar-refractivity contribution in [1.82, 2.24) is 40.3 Å². The van der Waals surface area contributed by atoms with E-state index in [4.69, 9.17) is 0 Å². The molecule has 3 heterocycles. The van der Waals surface area contributed by atoms with E-state index in [1.54, 1.807) is 24.8 Å². The van der Waals surface area contributed by atoms with E-state index in [0.29, 0.717) is 22.8 Å². The first-order valence-electron chi connectivity index (χ1n) is 5.01. The zero-order valence-corrected chi connectivity index (χ0v) is 9.04. The zero-order chi connectivity index (χ0) is 12.2. The van der Waals surface area contributed by atoms with E-state index < -0.39 is 0 Å². The Morgan fingerprint density at radius 1 is 0.500 bits per heavy atom. The van der Waals surface area contributed by atoms with Gasteiger partial charge < -0.3 is 0 Å². The predicted molar refractivity (Wildman–Crippen MR) is 59.7 cm³/mol. The smallest absolute Gasteiger partial charge is 0.206 e. The van der Waals surface area contributed by atoms with Crippen LogP contribution in [0.25, 0.3) is 22.8 Å². The largest absolute Gasteiger partial charge is 0.244 e. The van der Waals surface area contributed by atoms with Gasteiger partial charge in [0.25, 0.3) is 0 Å². The lowest BCUT2D eigenvalue weighted by molar-refractivity contribution is 0.871. The van der Waals surface area contributed by atoms with E-state index in [2.05, 4.69) is 40.3 Å². The highest BCUT2D eigenvalue weighted by Crippen LogP contribution is 2.12. The second-order valence-corrected chi connectivity index (χ2v) is 3.30. The van der Waals surface area contributed by atoms with E-state index in [1.165, 1.54) is 12.7 Å². The van der Waals surface area contributed by atoms with Crippen molar-refractivity contribution in [1.29, 1.82) is 0 Å². The van der Waals surface area contributed by atoms with Gasteiger partial charge in [-0.2, -0.15) is 0 Å². The number of nitrogens with zero attached hydrogens (tertiary/aromatic N) is 8. The summed E-state index contributed by atoms with van der Waals surface area (Å²) in [6, 6.07) is 0. The van der Waals surface area contributed by atoms with Crippen molar-refractivity contribution in [3.63, 3.8) is 0 Å². The van der Waals surface area contributed by atoms with Crippen molar-refractivity contribution in [3.05, 3.63) is 37.4 Å². The molecule has 0 spiro atoms. The Morgan fingerprint density at radius 2 is 0.833 bits per heavy atom. The van der Waals surface area contributed by atoms with Crippen LogP contribution in [-0.2, 0) is 0 Å². The fourth-order valence-electron chi connectivity index (χ4n) is 1.29. The van der Waals surface area contributed by atoms with Crippen LogP contribution in [0.2, 0.25) is 0 Å². The molecule has 3 aromatic heterocycles. The van der Waals surface area contributed by atoms with Gasteiger partial charge in [0.2, 0.25) is 11.6 Å². The summed E-state index contributed by atoms with van der Waals surface area (Å²) in [6.45, 7) is 0. The van der Waals surface area contributed by atoms with Gasteiger partial charge in [0.15, 0.2) is 0 Å². The molecule has 0 radical (unpaired) electrons. The second-order valence-electron chi connectivity index (χ2n) is 3.30. The summed E-state index contributed by atoms with van der Waals surface area (Å²) >= 11 is 0. The van der Waals surface area contributed by atoms with Crippen LogP contribution in [-0.4, -0.2) is 40.3 Å². The molecule has 0 saturated heterocycles. The maximum Gasteiger partial charge on any atom is 0.206 e. The van der Waals surface area contributed by atoms with Gasteiger partial charge >= 0.3 is 0 Å². The Kier molecular flexibility index (Phi) is 2.59. The first kappa shape index (κ1) is 10.3. The highest BCUT2D eigenvalue weighted by atomic mass is 15.3. The summed E-state index contributed by atoms with van der Waals surface area (Å²) in [5, 5.41) is 15.9. The SMILES string of the molecule is c1ncc(-c2nnc(-c3cncnc3)nn2)cn1. The van der Waals surface area contributed by atoms with Crippen LogP contribution < -0.4 is 0 Å². The summed E-state index contributed by atoms with van der Waals surface area (Å²) in [4.78, 5) is 15.5. The summed E-state index contributed by atoms with van der Waals surface area (Å²) in [5.74, 6) is 0.743. The molecule has 8 nitrogen and oxygen atoms in total. The number of rotatable bonds is 2. The van der Waals surface area contributed by atoms with Gasteiger partial charge in [-0.1, -0.05) is 0 Å². The van der Waals surface area contributed by atoms with Crippen LogP contribution >= 0.6 is 0 Å². The molecule has 3 rings (SSSR count). The Bertz CT molecular complexity index is 567. The van der Waals surface area contributed by atoms with Crippen molar-refractivity contribution < 1.29 is 0 Å². The van der Waals surface area contributed by atoms with Crippen LogP contribution in [0.15, 0.2) is 37.4 Å². The minimum absolute atomic E-state index is 0.371. The van der Waals surface area contributed by atoms with Crippen LogP contribution in [0, 0.1) is 0 Å². The molecule has 8 heteroatoms. The Morgan fingerprint density at radius 3 is 1.17 bits per heavy atom. The number of hydrogen-bond donors (Lipinski definition) is 0. The molecular formula is C10H6N8.